The highest BCUT2D eigenvalue weighted by atomic mass is 79.9. The summed E-state index contributed by atoms with van der Waals surface area (Å²) in [7, 11) is -2.90. The molecule has 0 saturated carbocycles. The second-order valence-electron chi connectivity index (χ2n) is 3.45. The molecule has 3 N–H and O–H groups in total. The standard InChI is InChI=1S/C9H10BrNO7S2/c1-18-9(15)5-2-6(7(10)19-5)20(16,17)11-3-4(12)8(13)14/h2,4,11-12H,3H2,1H3,(H,13,14). The molecule has 0 bridgehead atoms. The fraction of sp³-hybridized carbons (Fsp3) is 0.333. The van der Waals surface area contributed by atoms with E-state index in [1.807, 2.05) is 4.72 Å². The Morgan fingerprint density at radius 2 is 2.15 bits per heavy atom. The van der Waals surface area contributed by atoms with Crippen LogP contribution in [0, 0.1) is 0 Å². The summed E-state index contributed by atoms with van der Waals surface area (Å²) < 4.78 is 30.4. The van der Waals surface area contributed by atoms with Crippen molar-refractivity contribution >= 4 is 49.2 Å². The molecule has 0 radical (unpaired) electrons. The van der Waals surface area contributed by atoms with E-state index < -0.39 is 34.6 Å². The summed E-state index contributed by atoms with van der Waals surface area (Å²) in [6.45, 7) is -0.687. The number of sulfonamides is 1. The van der Waals surface area contributed by atoms with Gasteiger partial charge in [-0.25, -0.2) is 22.7 Å². The Bertz CT molecular complexity index is 624. The zero-order valence-electron chi connectivity index (χ0n) is 9.99. The number of methoxy groups -OCH3 is 1. The third kappa shape index (κ3) is 3.99. The van der Waals surface area contributed by atoms with Gasteiger partial charge in [0.1, 0.15) is 9.77 Å². The molecule has 1 unspecified atom stereocenters. The zero-order valence-corrected chi connectivity index (χ0v) is 13.2. The summed E-state index contributed by atoms with van der Waals surface area (Å²) >= 11 is 3.86. The van der Waals surface area contributed by atoms with Crippen molar-refractivity contribution in [3.05, 3.63) is 14.7 Å². The molecule has 0 aliphatic carbocycles. The molecule has 1 heterocycles. The van der Waals surface area contributed by atoms with E-state index in [9.17, 15) is 18.0 Å². The minimum atomic E-state index is -4.06. The third-order valence-electron chi connectivity index (χ3n) is 2.08. The van der Waals surface area contributed by atoms with Gasteiger partial charge in [0.15, 0.2) is 6.10 Å². The van der Waals surface area contributed by atoms with E-state index in [2.05, 4.69) is 20.7 Å². The van der Waals surface area contributed by atoms with Gasteiger partial charge in [0, 0.05) is 6.54 Å². The van der Waals surface area contributed by atoms with Crippen molar-refractivity contribution < 1.29 is 33.0 Å². The molecule has 0 fully saturated rings. The Morgan fingerprint density at radius 1 is 1.55 bits per heavy atom. The van der Waals surface area contributed by atoms with Crippen LogP contribution in [0.15, 0.2) is 14.7 Å². The highest BCUT2D eigenvalue weighted by Crippen LogP contribution is 2.31. The molecular formula is C9H10BrNO7S2. The lowest BCUT2D eigenvalue weighted by molar-refractivity contribution is -0.146. The minimum Gasteiger partial charge on any atom is -0.479 e. The first-order chi connectivity index (χ1) is 9.19. The maximum absolute atomic E-state index is 11.9. The van der Waals surface area contributed by atoms with E-state index in [0.29, 0.717) is 0 Å². The number of carbonyl (C=O) groups excluding carboxylic acids is 1. The number of halogens is 1. The SMILES string of the molecule is COC(=O)c1cc(S(=O)(=O)NCC(O)C(=O)O)c(Br)s1. The van der Waals surface area contributed by atoms with Crippen LogP contribution in [0.5, 0.6) is 0 Å². The van der Waals surface area contributed by atoms with Crippen molar-refractivity contribution in [3.63, 3.8) is 0 Å². The number of ether oxygens (including phenoxy) is 1. The quantitative estimate of drug-likeness (QED) is 0.586. The molecule has 0 aliphatic heterocycles. The molecule has 1 rings (SSSR count). The van der Waals surface area contributed by atoms with Crippen molar-refractivity contribution in [2.24, 2.45) is 0 Å². The Hall–Kier alpha value is -1.01. The van der Waals surface area contributed by atoms with Gasteiger partial charge >= 0.3 is 11.9 Å². The van der Waals surface area contributed by atoms with Crippen molar-refractivity contribution in [1.82, 2.24) is 4.72 Å². The summed E-state index contributed by atoms with van der Waals surface area (Å²) in [5, 5.41) is 17.5. The third-order valence-corrected chi connectivity index (χ3v) is 5.74. The van der Waals surface area contributed by atoms with Crippen LogP contribution in [0.25, 0.3) is 0 Å². The van der Waals surface area contributed by atoms with Crippen LogP contribution in [0.1, 0.15) is 9.67 Å². The number of thiophene rings is 1. The number of hydrogen-bond acceptors (Lipinski definition) is 7. The maximum Gasteiger partial charge on any atom is 0.348 e. The van der Waals surface area contributed by atoms with Gasteiger partial charge in [0.2, 0.25) is 10.0 Å². The number of aliphatic hydroxyl groups excluding tert-OH is 1. The minimum absolute atomic E-state index is 0.0681. The normalized spacial score (nSPS) is 12.9. The Balaban J connectivity index is 2.96. The Morgan fingerprint density at radius 3 is 2.65 bits per heavy atom. The van der Waals surface area contributed by atoms with Crippen molar-refractivity contribution in [1.29, 1.82) is 0 Å². The predicted octanol–water partition coefficient (Wildman–Crippen LogP) is 0.0210. The average molecular weight is 388 g/mol. The molecule has 20 heavy (non-hydrogen) atoms. The molecule has 0 amide bonds. The summed E-state index contributed by atoms with van der Waals surface area (Å²) in [5.41, 5.74) is 0. The number of carbonyl (C=O) groups is 2. The number of rotatable bonds is 6. The molecule has 8 nitrogen and oxygen atoms in total. The van der Waals surface area contributed by atoms with Crippen LogP contribution < -0.4 is 4.72 Å². The fourth-order valence-electron chi connectivity index (χ4n) is 1.09. The highest BCUT2D eigenvalue weighted by Gasteiger charge is 2.25. The molecule has 0 aromatic carbocycles. The van der Waals surface area contributed by atoms with E-state index in [1.54, 1.807) is 0 Å². The van der Waals surface area contributed by atoms with E-state index in [4.69, 9.17) is 10.2 Å². The van der Waals surface area contributed by atoms with Gasteiger partial charge in [-0.1, -0.05) is 0 Å². The smallest absolute Gasteiger partial charge is 0.348 e. The average Bonchev–Trinajstić information content (AvgIpc) is 2.77. The van der Waals surface area contributed by atoms with E-state index >= 15 is 0 Å². The summed E-state index contributed by atoms with van der Waals surface area (Å²) in [6, 6.07) is 1.09. The topological polar surface area (TPSA) is 130 Å². The number of hydrogen-bond donors (Lipinski definition) is 3. The maximum atomic E-state index is 11.9. The molecule has 1 aromatic heterocycles. The second kappa shape index (κ2) is 6.63. The lowest BCUT2D eigenvalue weighted by Gasteiger charge is -2.07. The van der Waals surface area contributed by atoms with Crippen LogP contribution in [-0.4, -0.2) is 50.3 Å². The summed E-state index contributed by atoms with van der Waals surface area (Å²) in [6.07, 6.45) is -1.86. The molecule has 0 aliphatic rings. The summed E-state index contributed by atoms with van der Waals surface area (Å²) in [4.78, 5) is 21.5. The predicted molar refractivity (Wildman–Crippen MR) is 72.2 cm³/mol. The van der Waals surface area contributed by atoms with Gasteiger partial charge in [-0.05, 0) is 22.0 Å². The number of aliphatic hydroxyl groups is 1. The van der Waals surface area contributed by atoms with Crippen molar-refractivity contribution in [2.75, 3.05) is 13.7 Å². The van der Waals surface area contributed by atoms with Gasteiger partial charge in [-0.2, -0.15) is 0 Å². The van der Waals surface area contributed by atoms with Crippen LogP contribution in [0.4, 0.5) is 0 Å². The van der Waals surface area contributed by atoms with E-state index in [0.717, 1.165) is 24.5 Å². The largest absolute Gasteiger partial charge is 0.479 e. The number of aliphatic carboxylic acids is 1. The zero-order chi connectivity index (χ0) is 15.5. The van der Waals surface area contributed by atoms with Gasteiger partial charge in [-0.15, -0.1) is 11.3 Å². The molecule has 0 saturated heterocycles. The first-order valence-electron chi connectivity index (χ1n) is 4.97. The Kier molecular flexibility index (Phi) is 5.65. The van der Waals surface area contributed by atoms with E-state index in [-0.39, 0.29) is 13.6 Å². The van der Waals surface area contributed by atoms with Gasteiger partial charge in [0.05, 0.1) is 10.9 Å². The molecule has 112 valence electrons. The second-order valence-corrected chi connectivity index (χ2v) is 7.55. The molecule has 1 aromatic rings. The van der Waals surface area contributed by atoms with Gasteiger partial charge in [-0.3, -0.25) is 0 Å². The van der Waals surface area contributed by atoms with Gasteiger partial charge in [0.25, 0.3) is 0 Å². The van der Waals surface area contributed by atoms with Crippen LogP contribution >= 0.6 is 27.3 Å². The molecular weight excluding hydrogens is 378 g/mol. The summed E-state index contributed by atoms with van der Waals surface area (Å²) in [5.74, 6) is -2.24. The number of nitrogens with one attached hydrogen (secondary N) is 1. The van der Waals surface area contributed by atoms with Crippen LogP contribution in [0.2, 0.25) is 0 Å². The molecule has 0 spiro atoms. The van der Waals surface area contributed by atoms with E-state index in [1.165, 1.54) is 0 Å². The van der Waals surface area contributed by atoms with Crippen molar-refractivity contribution in [3.8, 4) is 0 Å². The first-order valence-corrected chi connectivity index (χ1v) is 8.06. The highest BCUT2D eigenvalue weighted by molar-refractivity contribution is 9.11. The van der Waals surface area contributed by atoms with Crippen LogP contribution in [0.3, 0.4) is 0 Å². The monoisotopic (exact) mass is 387 g/mol. The lowest BCUT2D eigenvalue weighted by Crippen LogP contribution is -2.36. The number of carboxylic acids is 1. The lowest BCUT2D eigenvalue weighted by atomic mass is 10.4. The number of esters is 1. The number of carboxylic acid groups (broad SMARTS) is 1. The molecule has 1 atom stereocenters. The molecule has 11 heteroatoms. The van der Waals surface area contributed by atoms with Gasteiger partial charge < -0.3 is 14.9 Å². The fourth-order valence-corrected chi connectivity index (χ4v) is 4.61. The Labute approximate surface area is 126 Å². The first kappa shape index (κ1) is 17.0. The van der Waals surface area contributed by atoms with Crippen molar-refractivity contribution in [2.45, 2.75) is 11.0 Å². The van der Waals surface area contributed by atoms with Crippen LogP contribution in [-0.2, 0) is 19.6 Å².